The molecule has 0 N–H and O–H groups in total. The molecule has 1 aliphatic heterocycles. The van der Waals surface area contributed by atoms with Gasteiger partial charge in [-0.3, -0.25) is 14.4 Å². The van der Waals surface area contributed by atoms with E-state index < -0.39 is 24.4 Å². The van der Waals surface area contributed by atoms with Gasteiger partial charge in [-0.05, 0) is 48.2 Å². The van der Waals surface area contributed by atoms with E-state index in [9.17, 15) is 19.2 Å². The number of aryl methyl sites for hydroxylation is 1. The van der Waals surface area contributed by atoms with E-state index in [-0.39, 0.29) is 38.2 Å². The van der Waals surface area contributed by atoms with Crippen LogP contribution in [-0.2, 0) is 4.74 Å². The number of ketones is 1. The van der Waals surface area contributed by atoms with E-state index in [0.717, 1.165) is 4.90 Å². The van der Waals surface area contributed by atoms with Crippen LogP contribution in [0.2, 0.25) is 10.0 Å². The number of amides is 2. The summed E-state index contributed by atoms with van der Waals surface area (Å²) in [4.78, 5) is 51.8. The maximum atomic E-state index is 12.9. The highest BCUT2D eigenvalue weighted by atomic mass is 35.5. The van der Waals surface area contributed by atoms with E-state index in [0.29, 0.717) is 10.4 Å². The fraction of sp³-hybridized carbons (Fsp3) is 0.0909. The number of hydrogen-bond acceptors (Lipinski definition) is 6. The van der Waals surface area contributed by atoms with E-state index in [1.165, 1.54) is 35.6 Å². The molecule has 31 heavy (non-hydrogen) atoms. The molecule has 4 rings (SSSR count). The first-order valence-electron chi connectivity index (χ1n) is 9.00. The van der Waals surface area contributed by atoms with Gasteiger partial charge in [0.15, 0.2) is 6.61 Å². The first-order chi connectivity index (χ1) is 14.8. The standard InChI is InChI=1S/C22H13Cl2NO5S/c1-11-4-5-12(22(29)30-10-18(26)19-3-2-6-31-19)7-17(11)25-20(27)13-8-15(23)16(24)9-14(13)21(25)28/h2-9H,10H2,1H3. The number of halogens is 2. The van der Waals surface area contributed by atoms with Crippen molar-refractivity contribution in [3.8, 4) is 0 Å². The first kappa shape index (κ1) is 21.2. The van der Waals surface area contributed by atoms with E-state index in [1.54, 1.807) is 30.5 Å². The van der Waals surface area contributed by atoms with Gasteiger partial charge in [0.1, 0.15) is 0 Å². The van der Waals surface area contributed by atoms with Gasteiger partial charge in [-0.25, -0.2) is 9.69 Å². The molecular weight excluding hydrogens is 461 g/mol. The van der Waals surface area contributed by atoms with Crippen molar-refractivity contribution < 1.29 is 23.9 Å². The molecule has 0 aliphatic carbocycles. The second kappa shape index (κ2) is 8.26. The molecule has 2 heterocycles. The van der Waals surface area contributed by atoms with E-state index in [4.69, 9.17) is 27.9 Å². The number of esters is 1. The molecule has 3 aromatic rings. The van der Waals surface area contributed by atoms with E-state index in [1.807, 2.05) is 0 Å². The predicted octanol–water partition coefficient (Wildman–Crippen LogP) is 5.20. The number of rotatable bonds is 5. The first-order valence-corrected chi connectivity index (χ1v) is 10.6. The number of thiophene rings is 1. The van der Waals surface area contributed by atoms with Gasteiger partial charge < -0.3 is 4.74 Å². The van der Waals surface area contributed by atoms with Gasteiger partial charge in [0.05, 0.1) is 37.3 Å². The Morgan fingerprint density at radius 2 is 1.65 bits per heavy atom. The summed E-state index contributed by atoms with van der Waals surface area (Å²) in [5, 5.41) is 2.07. The molecule has 2 amide bonds. The van der Waals surface area contributed by atoms with Gasteiger partial charge in [-0.1, -0.05) is 35.3 Å². The molecular formula is C22H13Cl2NO5S. The third-order valence-corrected chi connectivity index (χ3v) is 6.38. The topological polar surface area (TPSA) is 80.8 Å². The summed E-state index contributed by atoms with van der Waals surface area (Å²) in [5.74, 6) is -2.20. The molecule has 0 bridgehead atoms. The molecule has 9 heteroatoms. The Bertz CT molecular complexity index is 1210. The van der Waals surface area contributed by atoms with Crippen molar-refractivity contribution in [3.63, 3.8) is 0 Å². The Balaban J connectivity index is 1.60. The number of carbonyl (C=O) groups excluding carboxylic acids is 4. The Kier molecular flexibility index (Phi) is 5.66. The van der Waals surface area contributed by atoms with Crippen LogP contribution in [0, 0.1) is 6.92 Å². The molecule has 0 saturated carbocycles. The molecule has 0 fully saturated rings. The summed E-state index contributed by atoms with van der Waals surface area (Å²) in [6.07, 6.45) is 0. The van der Waals surface area contributed by atoms with Crippen LogP contribution in [0.15, 0.2) is 47.8 Å². The highest BCUT2D eigenvalue weighted by Gasteiger charge is 2.38. The lowest BCUT2D eigenvalue weighted by Gasteiger charge is -2.17. The van der Waals surface area contributed by atoms with Gasteiger partial charge >= 0.3 is 5.97 Å². The minimum atomic E-state index is -0.742. The Labute approximate surface area is 190 Å². The Morgan fingerprint density at radius 1 is 1.00 bits per heavy atom. The molecule has 0 unspecified atom stereocenters. The second-order valence-electron chi connectivity index (χ2n) is 6.74. The van der Waals surface area contributed by atoms with Crippen molar-refractivity contribution in [1.29, 1.82) is 0 Å². The molecule has 6 nitrogen and oxygen atoms in total. The van der Waals surface area contributed by atoms with Crippen LogP contribution >= 0.6 is 34.5 Å². The van der Waals surface area contributed by atoms with Crippen LogP contribution in [0.25, 0.3) is 0 Å². The second-order valence-corrected chi connectivity index (χ2v) is 8.50. The van der Waals surface area contributed by atoms with Gasteiger partial charge in [-0.15, -0.1) is 11.3 Å². The van der Waals surface area contributed by atoms with Gasteiger partial charge in [-0.2, -0.15) is 0 Å². The average Bonchev–Trinajstić information content (AvgIpc) is 3.36. The molecule has 2 aromatic carbocycles. The lowest BCUT2D eigenvalue weighted by Crippen LogP contribution is -2.30. The van der Waals surface area contributed by atoms with Gasteiger partial charge in [0, 0.05) is 0 Å². The predicted molar refractivity (Wildman–Crippen MR) is 118 cm³/mol. The third-order valence-electron chi connectivity index (χ3n) is 4.74. The maximum Gasteiger partial charge on any atom is 0.338 e. The summed E-state index contributed by atoms with van der Waals surface area (Å²) in [5.41, 5.74) is 1.20. The largest absolute Gasteiger partial charge is 0.454 e. The van der Waals surface area contributed by atoms with E-state index >= 15 is 0 Å². The third kappa shape index (κ3) is 3.87. The number of ether oxygens (including phenoxy) is 1. The molecule has 156 valence electrons. The zero-order valence-corrected chi connectivity index (χ0v) is 18.3. The summed E-state index contributed by atoms with van der Waals surface area (Å²) >= 11 is 13.2. The van der Waals surface area contributed by atoms with Crippen molar-refractivity contribution >= 4 is 63.8 Å². The maximum absolute atomic E-state index is 12.9. The molecule has 0 radical (unpaired) electrons. The molecule has 0 saturated heterocycles. The van der Waals surface area contributed by atoms with Crippen molar-refractivity contribution in [2.75, 3.05) is 11.5 Å². The lowest BCUT2D eigenvalue weighted by molar-refractivity contribution is 0.0475. The van der Waals surface area contributed by atoms with E-state index in [2.05, 4.69) is 0 Å². The lowest BCUT2D eigenvalue weighted by atomic mass is 10.1. The summed E-state index contributed by atoms with van der Waals surface area (Å²) in [7, 11) is 0. The van der Waals surface area contributed by atoms with Crippen molar-refractivity contribution in [2.24, 2.45) is 0 Å². The number of anilines is 1. The molecule has 1 aromatic heterocycles. The number of carbonyl (C=O) groups is 4. The van der Waals surface area contributed by atoms with Crippen LogP contribution in [0.3, 0.4) is 0 Å². The zero-order valence-electron chi connectivity index (χ0n) is 16.0. The fourth-order valence-corrected chi connectivity index (χ4v) is 4.13. The number of hydrogen-bond donors (Lipinski definition) is 0. The quantitative estimate of drug-likeness (QED) is 0.288. The number of Topliss-reactive ketones (excluding diaryl/α,β-unsaturated/α-hetero) is 1. The number of nitrogens with zero attached hydrogens (tertiary/aromatic N) is 1. The molecule has 1 aliphatic rings. The highest BCUT2D eigenvalue weighted by Crippen LogP contribution is 2.35. The smallest absolute Gasteiger partial charge is 0.338 e. The SMILES string of the molecule is Cc1ccc(C(=O)OCC(=O)c2cccs2)cc1N1C(=O)c2cc(Cl)c(Cl)cc2C1=O. The van der Waals surface area contributed by atoms with Crippen molar-refractivity contribution in [1.82, 2.24) is 0 Å². The highest BCUT2D eigenvalue weighted by molar-refractivity contribution is 7.12. The summed E-state index contributed by atoms with van der Waals surface area (Å²) in [6.45, 7) is 1.29. The Hall–Kier alpha value is -3.00. The van der Waals surface area contributed by atoms with Crippen LogP contribution in [0.5, 0.6) is 0 Å². The van der Waals surface area contributed by atoms with Crippen molar-refractivity contribution in [3.05, 3.63) is 85.0 Å². The monoisotopic (exact) mass is 473 g/mol. The minimum absolute atomic E-state index is 0.104. The normalized spacial score (nSPS) is 12.8. The number of benzene rings is 2. The van der Waals surface area contributed by atoms with Crippen molar-refractivity contribution in [2.45, 2.75) is 6.92 Å². The number of fused-ring (bicyclic) bond motifs is 1. The molecule has 0 spiro atoms. The minimum Gasteiger partial charge on any atom is -0.454 e. The van der Waals surface area contributed by atoms with Crippen LogP contribution in [-0.4, -0.2) is 30.2 Å². The van der Waals surface area contributed by atoms with Gasteiger partial charge in [0.25, 0.3) is 11.8 Å². The summed E-state index contributed by atoms with van der Waals surface area (Å²) in [6, 6.07) is 10.6. The number of imide groups is 1. The molecule has 0 atom stereocenters. The zero-order chi connectivity index (χ0) is 22.3. The average molecular weight is 474 g/mol. The van der Waals surface area contributed by atoms with Crippen LogP contribution in [0.4, 0.5) is 5.69 Å². The Morgan fingerprint density at radius 3 is 2.23 bits per heavy atom. The summed E-state index contributed by atoms with van der Waals surface area (Å²) < 4.78 is 5.11. The van der Waals surface area contributed by atoms with Crippen LogP contribution < -0.4 is 4.90 Å². The fourth-order valence-electron chi connectivity index (χ4n) is 3.15. The van der Waals surface area contributed by atoms with Gasteiger partial charge in [0.2, 0.25) is 5.78 Å². The van der Waals surface area contributed by atoms with Crippen LogP contribution in [0.1, 0.15) is 46.3 Å².